The molecule has 0 saturated carbocycles. The molecule has 2 atom stereocenters. The molecule has 0 spiro atoms. The zero-order chi connectivity index (χ0) is 21.8. The predicted octanol–water partition coefficient (Wildman–Crippen LogP) is 3.67. The second kappa shape index (κ2) is 8.82. The number of amides is 2. The van der Waals surface area contributed by atoms with Crippen molar-refractivity contribution < 1.29 is 33.3 Å². The summed E-state index contributed by atoms with van der Waals surface area (Å²) < 4.78 is 21.2. The quantitative estimate of drug-likeness (QED) is 0.543. The third-order valence-electron chi connectivity index (χ3n) is 3.79. The number of nitrogens with zero attached hydrogens (tertiary/aromatic N) is 1. The van der Waals surface area contributed by atoms with Crippen molar-refractivity contribution in [2.24, 2.45) is 0 Å². The smallest absolute Gasteiger partial charge is 0.443 e. The molecule has 8 heteroatoms. The van der Waals surface area contributed by atoms with E-state index in [1.807, 2.05) is 30.3 Å². The summed E-state index contributed by atoms with van der Waals surface area (Å²) >= 11 is 0. The summed E-state index contributed by atoms with van der Waals surface area (Å²) in [7, 11) is 0. The Labute approximate surface area is 171 Å². The number of imide groups is 1. The van der Waals surface area contributed by atoms with Gasteiger partial charge in [-0.05, 0) is 47.1 Å². The zero-order valence-corrected chi connectivity index (χ0v) is 17.8. The maximum Gasteiger partial charge on any atom is 0.508 e. The van der Waals surface area contributed by atoms with E-state index in [1.165, 1.54) is 0 Å². The fourth-order valence-corrected chi connectivity index (χ4v) is 2.59. The van der Waals surface area contributed by atoms with E-state index in [1.54, 1.807) is 41.5 Å². The summed E-state index contributed by atoms with van der Waals surface area (Å²) in [6.07, 6.45) is -2.62. The monoisotopic (exact) mass is 407 g/mol. The number of likely N-dealkylation sites (tertiary alicyclic amines) is 1. The molecule has 0 aromatic heterocycles. The van der Waals surface area contributed by atoms with E-state index in [0.717, 1.165) is 10.5 Å². The van der Waals surface area contributed by atoms with Crippen LogP contribution in [-0.4, -0.2) is 53.0 Å². The Morgan fingerprint density at radius 3 is 2.10 bits per heavy atom. The van der Waals surface area contributed by atoms with E-state index in [2.05, 4.69) is 0 Å². The van der Waals surface area contributed by atoms with Gasteiger partial charge in [0.2, 0.25) is 0 Å². The number of hydrogen-bond donors (Lipinski definition) is 0. The van der Waals surface area contributed by atoms with Gasteiger partial charge >= 0.3 is 12.2 Å². The number of ether oxygens (including phenoxy) is 4. The largest absolute Gasteiger partial charge is 0.508 e. The number of hydrogen-bond acceptors (Lipinski definition) is 7. The van der Waals surface area contributed by atoms with Gasteiger partial charge in [-0.1, -0.05) is 30.3 Å². The van der Waals surface area contributed by atoms with E-state index < -0.39 is 41.5 Å². The third kappa shape index (κ3) is 6.74. The van der Waals surface area contributed by atoms with Crippen molar-refractivity contribution in [2.75, 3.05) is 6.61 Å². The molecule has 2 rings (SSSR count). The molecular weight excluding hydrogens is 378 g/mol. The lowest BCUT2D eigenvalue weighted by Crippen LogP contribution is -2.69. The molecule has 0 unspecified atom stereocenters. The Morgan fingerprint density at radius 2 is 1.55 bits per heavy atom. The maximum absolute atomic E-state index is 12.5. The van der Waals surface area contributed by atoms with E-state index in [0.29, 0.717) is 0 Å². The number of carbonyl (C=O) groups excluding carboxylic acids is 3. The highest BCUT2D eigenvalue weighted by Gasteiger charge is 2.54. The first-order valence-corrected chi connectivity index (χ1v) is 9.45. The summed E-state index contributed by atoms with van der Waals surface area (Å²) in [5.74, 6) is -0.534. The van der Waals surface area contributed by atoms with Crippen LogP contribution >= 0.6 is 0 Å². The number of benzene rings is 1. The fraction of sp³-hybridized carbons (Fsp3) is 0.571. The lowest BCUT2D eigenvalue weighted by atomic mass is 9.99. The first-order chi connectivity index (χ1) is 13.4. The minimum Gasteiger partial charge on any atom is -0.443 e. The average molecular weight is 407 g/mol. The Balaban J connectivity index is 2.05. The number of β-lactam (4-membered cyclic amide) rings is 1. The molecule has 2 amide bonds. The maximum atomic E-state index is 12.5. The molecule has 1 aromatic carbocycles. The molecule has 0 bridgehead atoms. The lowest BCUT2D eigenvalue weighted by Gasteiger charge is -2.44. The normalized spacial score (nSPS) is 19.4. The fourth-order valence-electron chi connectivity index (χ4n) is 2.59. The van der Waals surface area contributed by atoms with Crippen LogP contribution in [0.4, 0.5) is 9.59 Å². The molecule has 0 aliphatic carbocycles. The van der Waals surface area contributed by atoms with Gasteiger partial charge in [-0.15, -0.1) is 0 Å². The highest BCUT2D eigenvalue weighted by Crippen LogP contribution is 2.27. The van der Waals surface area contributed by atoms with Crippen LogP contribution in [0.1, 0.15) is 47.1 Å². The van der Waals surface area contributed by atoms with Crippen LogP contribution in [0.3, 0.4) is 0 Å². The third-order valence-corrected chi connectivity index (χ3v) is 3.79. The Morgan fingerprint density at radius 1 is 0.966 bits per heavy atom. The average Bonchev–Trinajstić information content (AvgIpc) is 2.56. The van der Waals surface area contributed by atoms with Gasteiger partial charge in [-0.3, -0.25) is 4.79 Å². The van der Waals surface area contributed by atoms with Gasteiger partial charge in [0.1, 0.15) is 23.9 Å². The van der Waals surface area contributed by atoms with Crippen molar-refractivity contribution in [3.63, 3.8) is 0 Å². The van der Waals surface area contributed by atoms with Crippen LogP contribution in [0.25, 0.3) is 0 Å². The zero-order valence-electron chi connectivity index (χ0n) is 17.8. The molecule has 1 aliphatic rings. The van der Waals surface area contributed by atoms with E-state index >= 15 is 0 Å². The second-order valence-corrected chi connectivity index (χ2v) is 8.75. The van der Waals surface area contributed by atoms with Crippen LogP contribution in [0, 0.1) is 0 Å². The van der Waals surface area contributed by atoms with E-state index in [-0.39, 0.29) is 13.2 Å². The van der Waals surface area contributed by atoms with Gasteiger partial charge in [-0.2, -0.15) is 0 Å². The SMILES string of the molecule is CC(C)(C)OC(=O)OC[C@H]1[C@@H](OCc2ccccc2)C(=O)N1C(=O)OC(C)(C)C. The standard InChI is InChI=1S/C21H29NO7/c1-20(2,3)28-18(24)22-15(13-27-19(25)29-21(4,5)6)16(17(22)23)26-12-14-10-8-7-9-11-14/h7-11,15-16H,12-13H2,1-6H3/t15-,16+/m0/s1. The van der Waals surface area contributed by atoms with Gasteiger partial charge in [0.25, 0.3) is 5.91 Å². The van der Waals surface area contributed by atoms with Crippen molar-refractivity contribution in [3.05, 3.63) is 35.9 Å². The minimum absolute atomic E-state index is 0.183. The second-order valence-electron chi connectivity index (χ2n) is 8.75. The van der Waals surface area contributed by atoms with Gasteiger partial charge < -0.3 is 18.9 Å². The van der Waals surface area contributed by atoms with Crippen molar-refractivity contribution in [1.82, 2.24) is 4.90 Å². The van der Waals surface area contributed by atoms with Crippen LogP contribution in [0.2, 0.25) is 0 Å². The highest BCUT2D eigenvalue weighted by atomic mass is 16.7. The molecule has 1 heterocycles. The van der Waals surface area contributed by atoms with Crippen LogP contribution in [-0.2, 0) is 30.3 Å². The van der Waals surface area contributed by atoms with Crippen LogP contribution < -0.4 is 0 Å². The molecule has 1 aromatic rings. The Kier molecular flexibility index (Phi) is 6.89. The molecule has 8 nitrogen and oxygen atoms in total. The van der Waals surface area contributed by atoms with E-state index in [4.69, 9.17) is 18.9 Å². The van der Waals surface area contributed by atoms with Crippen molar-refractivity contribution in [1.29, 1.82) is 0 Å². The van der Waals surface area contributed by atoms with Gasteiger partial charge in [0.05, 0.1) is 6.61 Å². The molecule has 160 valence electrons. The molecule has 1 saturated heterocycles. The van der Waals surface area contributed by atoms with Gasteiger partial charge in [0, 0.05) is 0 Å². The summed E-state index contributed by atoms with van der Waals surface area (Å²) in [6.45, 7) is 10.2. The summed E-state index contributed by atoms with van der Waals surface area (Å²) in [4.78, 5) is 37.7. The number of rotatable bonds is 5. The Hall–Kier alpha value is -2.61. The Bertz CT molecular complexity index is 734. The minimum atomic E-state index is -0.926. The molecule has 0 radical (unpaired) electrons. The predicted molar refractivity (Wildman–Crippen MR) is 104 cm³/mol. The summed E-state index contributed by atoms with van der Waals surface area (Å²) in [5, 5.41) is 0. The first kappa shape index (κ1) is 22.7. The molecule has 0 N–H and O–H groups in total. The van der Waals surface area contributed by atoms with Crippen molar-refractivity contribution in [3.8, 4) is 0 Å². The van der Waals surface area contributed by atoms with Crippen molar-refractivity contribution >= 4 is 18.2 Å². The highest BCUT2D eigenvalue weighted by molar-refractivity contribution is 6.01. The molecular formula is C21H29NO7. The van der Waals surface area contributed by atoms with Gasteiger partial charge in [-0.25, -0.2) is 14.5 Å². The van der Waals surface area contributed by atoms with Crippen LogP contribution in [0.5, 0.6) is 0 Å². The number of carbonyl (C=O) groups is 3. The molecule has 1 aliphatic heterocycles. The first-order valence-electron chi connectivity index (χ1n) is 9.45. The molecule has 29 heavy (non-hydrogen) atoms. The van der Waals surface area contributed by atoms with Gasteiger partial charge in [0.15, 0.2) is 6.10 Å². The summed E-state index contributed by atoms with van der Waals surface area (Å²) in [5.41, 5.74) is -0.618. The van der Waals surface area contributed by atoms with E-state index in [9.17, 15) is 14.4 Å². The van der Waals surface area contributed by atoms with Crippen molar-refractivity contribution in [2.45, 2.75) is 71.5 Å². The topological polar surface area (TPSA) is 91.4 Å². The van der Waals surface area contributed by atoms with Crippen LogP contribution in [0.15, 0.2) is 30.3 Å². The summed E-state index contributed by atoms with van der Waals surface area (Å²) in [6, 6.07) is 8.52. The molecule has 1 fully saturated rings. The lowest BCUT2D eigenvalue weighted by molar-refractivity contribution is -0.177.